The summed E-state index contributed by atoms with van der Waals surface area (Å²) in [5.41, 5.74) is 0.996. The molecule has 0 bridgehead atoms. The van der Waals surface area contributed by atoms with Gasteiger partial charge in [-0.05, 0) is 31.1 Å². The number of hydrogen-bond donors (Lipinski definition) is 1. The normalized spacial score (nSPS) is 11.3. The highest BCUT2D eigenvalue weighted by Gasteiger charge is 2.18. The maximum Gasteiger partial charge on any atom is 0.350 e. The van der Waals surface area contributed by atoms with Crippen molar-refractivity contribution in [2.75, 3.05) is 11.9 Å². The molecule has 0 spiro atoms. The van der Waals surface area contributed by atoms with Gasteiger partial charge in [0.25, 0.3) is 0 Å². The number of nitrogens with one attached hydrogen (secondary N) is 1. The molecule has 0 radical (unpaired) electrons. The molecule has 29 heavy (non-hydrogen) atoms. The van der Waals surface area contributed by atoms with E-state index in [2.05, 4.69) is 10.3 Å². The molecule has 0 unspecified atom stereocenters. The second-order valence-corrected chi connectivity index (χ2v) is 7.76. The Balaban J connectivity index is 1.70. The Morgan fingerprint density at radius 2 is 2.07 bits per heavy atom. The first-order valence-corrected chi connectivity index (χ1v) is 9.81. The summed E-state index contributed by atoms with van der Waals surface area (Å²) in [6.45, 7) is 5.88. The Morgan fingerprint density at radius 3 is 2.83 bits per heavy atom. The van der Waals surface area contributed by atoms with E-state index in [9.17, 15) is 14.4 Å². The molecule has 0 aliphatic carbocycles. The van der Waals surface area contributed by atoms with Crippen LogP contribution < -0.4 is 10.7 Å². The topological polar surface area (TPSA) is 98.5 Å². The number of thiazole rings is 1. The van der Waals surface area contributed by atoms with Crippen LogP contribution in [0, 0.1) is 12.8 Å². The molecule has 2 heterocycles. The molecule has 8 heteroatoms. The van der Waals surface area contributed by atoms with Gasteiger partial charge >= 0.3 is 5.97 Å². The molecule has 0 atom stereocenters. The van der Waals surface area contributed by atoms with Crippen LogP contribution in [0.15, 0.2) is 45.8 Å². The van der Waals surface area contributed by atoms with Crippen molar-refractivity contribution in [3.05, 3.63) is 63.0 Å². The van der Waals surface area contributed by atoms with Crippen molar-refractivity contribution >= 4 is 45.4 Å². The number of aryl methyl sites for hydroxylation is 1. The number of nitrogens with zero attached hydrogens (tertiary/aromatic N) is 1. The van der Waals surface area contributed by atoms with Crippen molar-refractivity contribution in [3.8, 4) is 0 Å². The Bertz CT molecular complexity index is 1140. The second kappa shape index (κ2) is 8.83. The van der Waals surface area contributed by atoms with Gasteiger partial charge in [-0.1, -0.05) is 37.3 Å². The van der Waals surface area contributed by atoms with Gasteiger partial charge in [0.2, 0.25) is 5.91 Å². The summed E-state index contributed by atoms with van der Waals surface area (Å²) < 4.78 is 10.6. The first-order chi connectivity index (χ1) is 13.8. The van der Waals surface area contributed by atoms with E-state index in [-0.39, 0.29) is 22.0 Å². The number of fused-ring (bicyclic) bond motifs is 1. The van der Waals surface area contributed by atoms with Gasteiger partial charge < -0.3 is 9.15 Å². The summed E-state index contributed by atoms with van der Waals surface area (Å²) in [5.74, 6) is -0.712. The molecule has 0 aliphatic rings. The highest BCUT2D eigenvalue weighted by atomic mass is 32.1. The molecule has 3 aromatic rings. The zero-order valence-corrected chi connectivity index (χ0v) is 17.0. The summed E-state index contributed by atoms with van der Waals surface area (Å²) in [6.07, 6.45) is 3.91. The highest BCUT2D eigenvalue weighted by molar-refractivity contribution is 7.17. The lowest BCUT2D eigenvalue weighted by Crippen LogP contribution is -2.09. The fourth-order valence-corrected chi connectivity index (χ4v) is 3.33. The number of hydrogen-bond acceptors (Lipinski definition) is 7. The van der Waals surface area contributed by atoms with Gasteiger partial charge in [0.1, 0.15) is 16.7 Å². The zero-order valence-electron chi connectivity index (χ0n) is 16.2. The fourth-order valence-electron chi connectivity index (χ4n) is 2.47. The largest absolute Gasteiger partial charge is 0.463 e. The minimum Gasteiger partial charge on any atom is -0.463 e. The minimum absolute atomic E-state index is 0.226. The van der Waals surface area contributed by atoms with Crippen LogP contribution in [-0.4, -0.2) is 23.5 Å². The average molecular weight is 412 g/mol. The van der Waals surface area contributed by atoms with E-state index in [1.807, 2.05) is 13.8 Å². The number of aromatic nitrogens is 1. The van der Waals surface area contributed by atoms with Crippen LogP contribution in [0.1, 0.15) is 34.8 Å². The molecule has 7 nitrogen and oxygen atoms in total. The lowest BCUT2D eigenvalue weighted by Gasteiger charge is -2.05. The predicted octanol–water partition coefficient (Wildman–Crippen LogP) is 4.02. The smallest absolute Gasteiger partial charge is 0.350 e. The minimum atomic E-state index is -0.478. The lowest BCUT2D eigenvalue weighted by molar-refractivity contribution is -0.111. The maximum absolute atomic E-state index is 12.4. The van der Waals surface area contributed by atoms with E-state index in [4.69, 9.17) is 9.15 Å². The quantitative estimate of drug-likeness (QED) is 0.485. The Kier molecular flexibility index (Phi) is 6.23. The number of benzene rings is 1. The third-order valence-corrected chi connectivity index (χ3v) is 4.93. The third kappa shape index (κ3) is 4.97. The molecular weight excluding hydrogens is 392 g/mol. The van der Waals surface area contributed by atoms with Crippen LogP contribution in [0.3, 0.4) is 0 Å². The van der Waals surface area contributed by atoms with Gasteiger partial charge in [-0.3, -0.25) is 14.9 Å². The molecule has 150 valence electrons. The molecule has 0 saturated carbocycles. The van der Waals surface area contributed by atoms with Crippen LogP contribution in [-0.2, 0) is 9.53 Å². The highest BCUT2D eigenvalue weighted by Crippen LogP contribution is 2.23. The second-order valence-electron chi connectivity index (χ2n) is 6.76. The molecule has 1 aromatic carbocycles. The Morgan fingerprint density at radius 1 is 1.31 bits per heavy atom. The Labute approximate surface area is 171 Å². The van der Waals surface area contributed by atoms with Crippen molar-refractivity contribution in [2.24, 2.45) is 5.92 Å². The number of carbonyl (C=O) groups is 2. The van der Waals surface area contributed by atoms with E-state index >= 15 is 0 Å². The van der Waals surface area contributed by atoms with Crippen molar-refractivity contribution in [3.63, 3.8) is 0 Å². The summed E-state index contributed by atoms with van der Waals surface area (Å²) in [6, 6.07) is 6.88. The Hall–Kier alpha value is -3.26. The van der Waals surface area contributed by atoms with Crippen LogP contribution in [0.25, 0.3) is 17.0 Å². The number of anilines is 1. The standard InChI is InChI=1S/C21H20N2O5S/c1-12(2)10-28-20(26)19-13(3)22-21(29-19)23-17(24)9-8-14-11-27-16-7-5-4-6-15(16)18(14)25/h4-9,11-12H,10H2,1-3H3,(H,22,23,24)/b9-8+. The van der Waals surface area contributed by atoms with Crippen LogP contribution >= 0.6 is 11.3 Å². The number of para-hydroxylation sites is 1. The number of ether oxygens (including phenoxy) is 1. The van der Waals surface area contributed by atoms with Gasteiger partial charge in [-0.2, -0.15) is 0 Å². The van der Waals surface area contributed by atoms with Crippen LogP contribution in [0.2, 0.25) is 0 Å². The molecule has 2 aromatic heterocycles. The van der Waals surface area contributed by atoms with E-state index < -0.39 is 11.9 Å². The van der Waals surface area contributed by atoms with Gasteiger partial charge in [0.05, 0.1) is 23.3 Å². The fraction of sp³-hybridized carbons (Fsp3) is 0.238. The SMILES string of the molecule is Cc1nc(NC(=O)/C=C/c2coc3ccccc3c2=O)sc1C(=O)OCC(C)C. The maximum atomic E-state index is 12.4. The molecular formula is C21H20N2O5S. The van der Waals surface area contributed by atoms with Gasteiger partial charge in [0, 0.05) is 6.08 Å². The summed E-state index contributed by atoms with van der Waals surface area (Å²) in [4.78, 5) is 41.2. The number of carbonyl (C=O) groups excluding carboxylic acids is 2. The summed E-state index contributed by atoms with van der Waals surface area (Å²) in [7, 11) is 0. The van der Waals surface area contributed by atoms with Crippen molar-refractivity contribution < 1.29 is 18.7 Å². The predicted molar refractivity (Wildman–Crippen MR) is 112 cm³/mol. The van der Waals surface area contributed by atoms with E-state index in [1.54, 1.807) is 31.2 Å². The van der Waals surface area contributed by atoms with Gasteiger partial charge in [0.15, 0.2) is 10.6 Å². The van der Waals surface area contributed by atoms with Gasteiger partial charge in [-0.15, -0.1) is 0 Å². The third-order valence-electron chi connectivity index (χ3n) is 3.88. The van der Waals surface area contributed by atoms with Crippen molar-refractivity contribution in [1.82, 2.24) is 4.98 Å². The number of amides is 1. The zero-order chi connectivity index (χ0) is 21.0. The first-order valence-electron chi connectivity index (χ1n) is 8.99. The van der Waals surface area contributed by atoms with E-state index in [0.29, 0.717) is 28.1 Å². The van der Waals surface area contributed by atoms with Crippen molar-refractivity contribution in [2.45, 2.75) is 20.8 Å². The monoisotopic (exact) mass is 412 g/mol. The summed E-state index contributed by atoms with van der Waals surface area (Å²) >= 11 is 1.04. The van der Waals surface area contributed by atoms with Crippen molar-refractivity contribution in [1.29, 1.82) is 0 Å². The summed E-state index contributed by atoms with van der Waals surface area (Å²) in [5, 5.41) is 3.31. The molecule has 0 aliphatic heterocycles. The lowest BCUT2D eigenvalue weighted by atomic mass is 10.1. The number of esters is 1. The van der Waals surface area contributed by atoms with Crippen LogP contribution in [0.4, 0.5) is 5.13 Å². The number of rotatable bonds is 6. The first kappa shape index (κ1) is 20.5. The molecule has 0 saturated heterocycles. The molecule has 3 rings (SSSR count). The average Bonchev–Trinajstić information content (AvgIpc) is 3.05. The van der Waals surface area contributed by atoms with E-state index in [1.165, 1.54) is 18.4 Å². The van der Waals surface area contributed by atoms with E-state index in [0.717, 1.165) is 11.3 Å². The van der Waals surface area contributed by atoms with Gasteiger partial charge in [-0.25, -0.2) is 9.78 Å². The molecule has 1 N–H and O–H groups in total. The van der Waals surface area contributed by atoms with Crippen LogP contribution in [0.5, 0.6) is 0 Å². The molecule has 1 amide bonds. The molecule has 0 fully saturated rings.